The minimum absolute atomic E-state index is 0.0715. The van der Waals surface area contributed by atoms with E-state index in [1.807, 2.05) is 30.3 Å². The van der Waals surface area contributed by atoms with E-state index in [0.717, 1.165) is 29.4 Å². The Bertz CT molecular complexity index is 1280. The van der Waals surface area contributed by atoms with Crippen molar-refractivity contribution in [2.45, 2.75) is 23.7 Å². The number of esters is 1. The lowest BCUT2D eigenvalue weighted by molar-refractivity contribution is 0.0452. The summed E-state index contributed by atoms with van der Waals surface area (Å²) >= 11 is 0. The topological polar surface area (TPSA) is 95.0 Å². The number of carbonyl (C=O) groups is 1. The molecule has 1 aliphatic carbocycles. The van der Waals surface area contributed by atoms with Crippen LogP contribution in [0.1, 0.15) is 34.8 Å². The lowest BCUT2D eigenvalue weighted by atomic mass is 10.1. The predicted octanol–water partition coefficient (Wildman–Crippen LogP) is 3.37. The van der Waals surface area contributed by atoms with Gasteiger partial charge in [-0.15, -0.1) is 0 Å². The summed E-state index contributed by atoms with van der Waals surface area (Å²) in [6.45, 7) is 1.72. The standard InChI is InChI=1S/C25H26N2O6S/c28-25(22-17-24(18-5-6-18)26-23-4-2-1-3-21(22)23)33-16-15-32-19-7-9-20(10-8-19)34(29,30)27-11-13-31-14-12-27/h1-4,7-10,17-18H,5-6,11-16H2. The molecule has 34 heavy (non-hydrogen) atoms. The van der Waals surface area contributed by atoms with Crippen LogP contribution in [0.4, 0.5) is 0 Å². The van der Waals surface area contributed by atoms with E-state index in [0.29, 0.717) is 43.5 Å². The molecule has 0 spiro atoms. The molecule has 2 fully saturated rings. The number of para-hydroxylation sites is 1. The van der Waals surface area contributed by atoms with E-state index in [-0.39, 0.29) is 18.1 Å². The Morgan fingerprint density at radius 2 is 1.76 bits per heavy atom. The number of rotatable bonds is 8. The quantitative estimate of drug-likeness (QED) is 0.359. The van der Waals surface area contributed by atoms with E-state index in [4.69, 9.17) is 14.2 Å². The largest absolute Gasteiger partial charge is 0.490 e. The first-order valence-electron chi connectivity index (χ1n) is 11.4. The summed E-state index contributed by atoms with van der Waals surface area (Å²) in [5.74, 6) is 0.521. The van der Waals surface area contributed by atoms with Crippen LogP contribution in [0.3, 0.4) is 0 Å². The van der Waals surface area contributed by atoms with Gasteiger partial charge in [0.05, 0.1) is 29.2 Å². The summed E-state index contributed by atoms with van der Waals surface area (Å²) in [4.78, 5) is 17.7. The first-order chi connectivity index (χ1) is 16.5. The zero-order valence-corrected chi connectivity index (χ0v) is 19.5. The first kappa shape index (κ1) is 22.8. The third-order valence-corrected chi connectivity index (χ3v) is 7.88. The number of nitrogens with zero attached hydrogens (tertiary/aromatic N) is 2. The van der Waals surface area contributed by atoms with Gasteiger partial charge in [0.2, 0.25) is 10.0 Å². The fraction of sp³-hybridized carbons (Fsp3) is 0.360. The fourth-order valence-corrected chi connectivity index (χ4v) is 5.38. The summed E-state index contributed by atoms with van der Waals surface area (Å²) in [7, 11) is -3.55. The van der Waals surface area contributed by atoms with Crippen LogP contribution in [-0.2, 0) is 19.5 Å². The molecule has 3 aromatic rings. The number of ether oxygens (including phenoxy) is 3. The molecule has 2 aromatic carbocycles. The number of pyridine rings is 1. The molecule has 0 N–H and O–H groups in total. The summed E-state index contributed by atoms with van der Waals surface area (Å²) in [6.07, 6.45) is 2.19. The zero-order valence-electron chi connectivity index (χ0n) is 18.7. The monoisotopic (exact) mass is 482 g/mol. The number of aromatic nitrogens is 1. The van der Waals surface area contributed by atoms with Gasteiger partial charge in [0, 0.05) is 30.1 Å². The summed E-state index contributed by atoms with van der Waals surface area (Å²) in [5.41, 5.74) is 2.25. The van der Waals surface area contributed by atoms with Gasteiger partial charge in [0.25, 0.3) is 0 Å². The maximum absolute atomic E-state index is 12.8. The minimum atomic E-state index is -3.55. The Kier molecular flexibility index (Phi) is 6.49. The molecule has 1 aromatic heterocycles. The van der Waals surface area contributed by atoms with E-state index in [9.17, 15) is 13.2 Å². The maximum Gasteiger partial charge on any atom is 0.339 e. The van der Waals surface area contributed by atoms with Crippen LogP contribution in [-0.4, -0.2) is 63.2 Å². The molecule has 1 saturated carbocycles. The van der Waals surface area contributed by atoms with Crippen LogP contribution in [0.15, 0.2) is 59.5 Å². The summed E-state index contributed by atoms with van der Waals surface area (Å²) in [6, 6.07) is 15.7. The van der Waals surface area contributed by atoms with Crippen molar-refractivity contribution < 1.29 is 27.4 Å². The van der Waals surface area contributed by atoms with Crippen molar-refractivity contribution >= 4 is 26.9 Å². The van der Waals surface area contributed by atoms with E-state index < -0.39 is 16.0 Å². The van der Waals surface area contributed by atoms with Crippen molar-refractivity contribution in [1.82, 2.24) is 9.29 Å². The van der Waals surface area contributed by atoms with Gasteiger partial charge in [-0.05, 0) is 49.2 Å². The van der Waals surface area contributed by atoms with Crippen LogP contribution < -0.4 is 4.74 Å². The highest BCUT2D eigenvalue weighted by Crippen LogP contribution is 2.40. The lowest BCUT2D eigenvalue weighted by Gasteiger charge is -2.26. The fourth-order valence-electron chi connectivity index (χ4n) is 3.97. The number of fused-ring (bicyclic) bond motifs is 1. The molecule has 2 heterocycles. The number of hydrogen-bond acceptors (Lipinski definition) is 7. The van der Waals surface area contributed by atoms with Crippen molar-refractivity contribution in [1.29, 1.82) is 0 Å². The molecule has 9 heteroatoms. The second kappa shape index (κ2) is 9.69. The van der Waals surface area contributed by atoms with Crippen molar-refractivity contribution in [2.24, 2.45) is 0 Å². The van der Waals surface area contributed by atoms with E-state index in [1.54, 1.807) is 12.1 Å². The Morgan fingerprint density at radius 1 is 1.03 bits per heavy atom. The molecule has 0 unspecified atom stereocenters. The van der Waals surface area contributed by atoms with Crippen molar-refractivity contribution in [3.8, 4) is 5.75 Å². The Hall–Kier alpha value is -3.01. The average molecular weight is 483 g/mol. The summed E-state index contributed by atoms with van der Waals surface area (Å²) in [5, 5.41) is 0.773. The average Bonchev–Trinajstić information content (AvgIpc) is 3.72. The Morgan fingerprint density at radius 3 is 2.50 bits per heavy atom. The molecule has 2 aliphatic rings. The van der Waals surface area contributed by atoms with Gasteiger partial charge in [-0.25, -0.2) is 13.2 Å². The number of carbonyl (C=O) groups excluding carboxylic acids is 1. The van der Waals surface area contributed by atoms with Crippen molar-refractivity contribution in [3.63, 3.8) is 0 Å². The lowest BCUT2D eigenvalue weighted by Crippen LogP contribution is -2.40. The molecule has 178 valence electrons. The van der Waals surface area contributed by atoms with Gasteiger partial charge >= 0.3 is 5.97 Å². The van der Waals surface area contributed by atoms with Gasteiger partial charge in [-0.3, -0.25) is 4.98 Å². The third-order valence-electron chi connectivity index (χ3n) is 5.97. The van der Waals surface area contributed by atoms with E-state index >= 15 is 0 Å². The van der Waals surface area contributed by atoms with Gasteiger partial charge in [-0.1, -0.05) is 18.2 Å². The third kappa shape index (κ3) is 4.91. The molecule has 5 rings (SSSR count). The number of morpholine rings is 1. The second-order valence-corrected chi connectivity index (χ2v) is 10.3. The van der Waals surface area contributed by atoms with Gasteiger partial charge in [0.1, 0.15) is 19.0 Å². The SMILES string of the molecule is O=C(OCCOc1ccc(S(=O)(=O)N2CCOCC2)cc1)c1cc(C2CC2)nc2ccccc12. The molecule has 0 atom stereocenters. The molecule has 0 radical (unpaired) electrons. The highest BCUT2D eigenvalue weighted by atomic mass is 32.2. The van der Waals surface area contributed by atoms with Gasteiger partial charge in [-0.2, -0.15) is 4.31 Å². The second-order valence-electron chi connectivity index (χ2n) is 8.36. The maximum atomic E-state index is 12.8. The van der Waals surface area contributed by atoms with E-state index in [2.05, 4.69) is 4.98 Å². The molecule has 0 amide bonds. The molecule has 1 saturated heterocycles. The van der Waals surface area contributed by atoms with Crippen molar-refractivity contribution in [3.05, 3.63) is 65.9 Å². The van der Waals surface area contributed by atoms with Crippen LogP contribution >= 0.6 is 0 Å². The normalized spacial score (nSPS) is 16.9. The van der Waals surface area contributed by atoms with Gasteiger partial charge in [0.15, 0.2) is 0 Å². The van der Waals surface area contributed by atoms with Crippen LogP contribution in [0.5, 0.6) is 5.75 Å². The minimum Gasteiger partial charge on any atom is -0.490 e. The zero-order chi connectivity index (χ0) is 23.5. The number of hydrogen-bond donors (Lipinski definition) is 0. The van der Waals surface area contributed by atoms with Crippen LogP contribution in [0, 0.1) is 0 Å². The predicted molar refractivity (Wildman–Crippen MR) is 126 cm³/mol. The highest BCUT2D eigenvalue weighted by molar-refractivity contribution is 7.89. The Labute approximate surface area is 198 Å². The Balaban J connectivity index is 1.18. The smallest absolute Gasteiger partial charge is 0.339 e. The highest BCUT2D eigenvalue weighted by Gasteiger charge is 2.28. The number of benzene rings is 2. The molecule has 1 aliphatic heterocycles. The number of sulfonamides is 1. The molecule has 0 bridgehead atoms. The van der Waals surface area contributed by atoms with E-state index in [1.165, 1.54) is 16.4 Å². The molecular weight excluding hydrogens is 456 g/mol. The summed E-state index contributed by atoms with van der Waals surface area (Å²) < 4.78 is 43.2. The molecule has 8 nitrogen and oxygen atoms in total. The first-order valence-corrected chi connectivity index (χ1v) is 12.8. The van der Waals surface area contributed by atoms with Crippen molar-refractivity contribution in [2.75, 3.05) is 39.5 Å². The van der Waals surface area contributed by atoms with Crippen LogP contribution in [0.2, 0.25) is 0 Å². The van der Waals surface area contributed by atoms with Crippen LogP contribution in [0.25, 0.3) is 10.9 Å². The van der Waals surface area contributed by atoms with Gasteiger partial charge < -0.3 is 14.2 Å². The molecular formula is C25H26N2O6S.